The first-order chi connectivity index (χ1) is 52.7. The van der Waals surface area contributed by atoms with Crippen molar-refractivity contribution in [1.82, 2.24) is 0 Å². The Hall–Kier alpha value is -9.27. The molecular weight excluding hydrogens is 1460 g/mol. The standard InChI is InChI=1S/2C12H18.C11H13F3O.C11H14F2O.C11H14F2.C11H15FO.C11H15F.2C11H13N/c2*1-5-10-7-6-8-11(9-10)12(2,3)4;1-10(2,3)8-5-4-6-9(7-8)15-11(12,13)14;1-11(2,3)8-5-4-6-9(7-8)14-10(12)13;1-11(2,3)9-6-4-5-8(7-9)10(12)13;1-11(2,3)9-5-4-6-10(7-9)13-8-12;3*1-11(2,3)10-6-4-5-9(7-10)8-12/h2*6-9H,5H2,1-4H3;4-7H,1-3H3;4-7,10H,1-3H3;4-7,10H,1-3H3;4-7H,8H2,1-3H3;4-7H,8H2,1-3H3;2*4-7H,1-3H3. The van der Waals surface area contributed by atoms with E-state index in [0.717, 1.165) is 51.8 Å². The summed E-state index contributed by atoms with van der Waals surface area (Å²) < 4.78 is 121. The Morgan fingerprint density at radius 1 is 0.304 bits per heavy atom. The molecule has 0 heterocycles. The van der Waals surface area contributed by atoms with E-state index < -0.39 is 26.3 Å². The molecule has 0 aliphatic carbocycles. The van der Waals surface area contributed by atoms with Crippen molar-refractivity contribution in [2.45, 2.75) is 288 Å². The van der Waals surface area contributed by atoms with Gasteiger partial charge in [-0.05, 0) is 195 Å². The first-order valence-corrected chi connectivity index (χ1v) is 39.2. The van der Waals surface area contributed by atoms with Gasteiger partial charge in [-0.25, -0.2) is 17.6 Å². The van der Waals surface area contributed by atoms with E-state index >= 15 is 0 Å². The SMILES string of the molecule is CC(C)(C)c1cccc(C#N)c1.CC(C)(C)c1cccc(C#N)c1.CC(C)(C)c1cccc(C(F)F)c1.CC(C)(C)c1cccc(CF)c1.CC(C)(C)c1cccc(OC(F)(F)F)c1.CC(C)(C)c1cccc(OC(F)F)c1.CC(C)(C)c1cccc(OCF)c1.CCc1cccc(C(C)(C)C)c1.CCc1cccc(C(C)(C)C)c1. The highest BCUT2D eigenvalue weighted by molar-refractivity contribution is 5.39. The van der Waals surface area contributed by atoms with Crippen molar-refractivity contribution in [3.05, 3.63) is 302 Å². The monoisotopic (exact) mass is 1590 g/mol. The summed E-state index contributed by atoms with van der Waals surface area (Å²) in [5.41, 5.74) is 16.3. The van der Waals surface area contributed by atoms with Crippen molar-refractivity contribution < 1.29 is 53.7 Å². The smallest absolute Gasteiger partial charge is 0.463 e. The largest absolute Gasteiger partial charge is 0.573 e. The molecule has 9 aromatic rings. The van der Waals surface area contributed by atoms with Crippen molar-refractivity contribution in [3.8, 4) is 29.4 Å². The first kappa shape index (κ1) is 104. The third-order valence-corrected chi connectivity index (χ3v) is 17.8. The van der Waals surface area contributed by atoms with Gasteiger partial charge in [-0.3, -0.25) is 0 Å². The zero-order chi connectivity index (χ0) is 88.4. The lowest BCUT2D eigenvalue weighted by molar-refractivity contribution is -0.274. The molecule has 0 saturated carbocycles. The van der Waals surface area contributed by atoms with Crippen LogP contribution in [-0.2, 0) is 68.3 Å². The molecule has 0 saturated heterocycles. The van der Waals surface area contributed by atoms with Crippen LogP contribution < -0.4 is 14.2 Å². The molecule has 0 amide bonds. The number of ether oxygens (including phenoxy) is 3. The second-order valence-corrected chi connectivity index (χ2v) is 37.3. The van der Waals surface area contributed by atoms with Crippen LogP contribution in [0.4, 0.5) is 39.5 Å². The van der Waals surface area contributed by atoms with Gasteiger partial charge in [0, 0.05) is 5.56 Å². The maximum Gasteiger partial charge on any atom is 0.573 e. The van der Waals surface area contributed by atoms with Crippen LogP contribution in [0, 0.1) is 22.7 Å². The van der Waals surface area contributed by atoms with Gasteiger partial charge in [-0.2, -0.15) is 19.3 Å². The normalized spacial score (nSPS) is 11.7. The van der Waals surface area contributed by atoms with E-state index in [1.807, 2.05) is 153 Å². The number of benzene rings is 9. The summed E-state index contributed by atoms with van der Waals surface area (Å²) in [6, 6.07) is 72.2. The second-order valence-electron chi connectivity index (χ2n) is 37.3. The van der Waals surface area contributed by atoms with Crippen LogP contribution in [0.15, 0.2) is 218 Å². The first-order valence-electron chi connectivity index (χ1n) is 39.2. The Balaban J connectivity index is 0.000000647. The zero-order valence-electron chi connectivity index (χ0n) is 74.3. The van der Waals surface area contributed by atoms with Crippen LogP contribution in [0.25, 0.3) is 0 Å². The molecule has 628 valence electrons. The fourth-order valence-corrected chi connectivity index (χ4v) is 10.3. The molecule has 0 atom stereocenters. The molecule has 14 heteroatoms. The minimum Gasteiger partial charge on any atom is -0.463 e. The van der Waals surface area contributed by atoms with Crippen molar-refractivity contribution >= 4 is 0 Å². The second kappa shape index (κ2) is 46.5. The van der Waals surface area contributed by atoms with Crippen molar-refractivity contribution in [3.63, 3.8) is 0 Å². The molecule has 0 aliphatic heterocycles. The number of nitrogens with zero attached hydrogens (tertiary/aromatic N) is 2. The van der Waals surface area contributed by atoms with Gasteiger partial charge in [0.25, 0.3) is 6.43 Å². The molecule has 0 bridgehead atoms. The van der Waals surface area contributed by atoms with E-state index in [4.69, 9.17) is 15.3 Å². The molecule has 9 aromatic carbocycles. The van der Waals surface area contributed by atoms with E-state index in [9.17, 15) is 39.5 Å². The summed E-state index contributed by atoms with van der Waals surface area (Å²) >= 11 is 0. The van der Waals surface area contributed by atoms with Crippen molar-refractivity contribution in [2.24, 2.45) is 0 Å². The third kappa shape index (κ3) is 42.8. The van der Waals surface area contributed by atoms with Gasteiger partial charge in [0.15, 0.2) is 0 Å². The summed E-state index contributed by atoms with van der Waals surface area (Å²) in [6.45, 7) is 57.5. The number of hydrogen-bond acceptors (Lipinski definition) is 5. The van der Waals surface area contributed by atoms with Crippen LogP contribution >= 0.6 is 0 Å². The topological polar surface area (TPSA) is 75.3 Å². The van der Waals surface area contributed by atoms with Crippen LogP contribution in [0.1, 0.15) is 291 Å². The molecule has 0 N–H and O–H groups in total. The minimum absolute atomic E-state index is 0.0541. The quantitative estimate of drug-likeness (QED) is 0.135. The molecule has 0 radical (unpaired) electrons. The Morgan fingerprint density at radius 2 is 0.557 bits per heavy atom. The Labute approximate surface area is 687 Å². The average molecular weight is 1590 g/mol. The number of alkyl halides is 9. The summed E-state index contributed by atoms with van der Waals surface area (Å²) in [4.78, 5) is 0. The highest BCUT2D eigenvalue weighted by Crippen LogP contribution is 2.33. The predicted molar refractivity (Wildman–Crippen MR) is 464 cm³/mol. The van der Waals surface area contributed by atoms with Crippen LogP contribution in [0.3, 0.4) is 0 Å². The number of hydrogen-bond donors (Lipinski definition) is 0. The van der Waals surface area contributed by atoms with Crippen molar-refractivity contribution in [1.29, 1.82) is 10.5 Å². The summed E-state index contributed by atoms with van der Waals surface area (Å²) in [5, 5.41) is 17.4. The van der Waals surface area contributed by atoms with E-state index in [1.54, 1.807) is 42.5 Å². The highest BCUT2D eigenvalue weighted by atomic mass is 19.4. The Morgan fingerprint density at radius 3 is 0.843 bits per heavy atom. The van der Waals surface area contributed by atoms with Crippen LogP contribution in [0.5, 0.6) is 17.2 Å². The van der Waals surface area contributed by atoms with Gasteiger partial charge < -0.3 is 14.2 Å². The lowest BCUT2D eigenvalue weighted by Crippen LogP contribution is -2.18. The molecule has 0 aromatic heterocycles. The lowest BCUT2D eigenvalue weighted by Gasteiger charge is -2.20. The van der Waals surface area contributed by atoms with Crippen molar-refractivity contribution in [2.75, 3.05) is 6.86 Å². The predicted octanol–water partition coefficient (Wildman–Crippen LogP) is 30.9. The van der Waals surface area contributed by atoms with Crippen LogP contribution in [0.2, 0.25) is 0 Å². The highest BCUT2D eigenvalue weighted by Gasteiger charge is 2.32. The van der Waals surface area contributed by atoms with Gasteiger partial charge in [0.05, 0.1) is 23.3 Å². The number of rotatable bonds is 9. The third-order valence-electron chi connectivity index (χ3n) is 17.8. The number of aryl methyl sites for hydroxylation is 2. The van der Waals surface area contributed by atoms with Gasteiger partial charge in [0.1, 0.15) is 23.9 Å². The molecular formula is C101H133F9N2O3. The maximum absolute atomic E-state index is 12.3. The zero-order valence-corrected chi connectivity index (χ0v) is 74.3. The number of halogens is 9. The molecule has 115 heavy (non-hydrogen) atoms. The fourth-order valence-electron chi connectivity index (χ4n) is 10.3. The molecule has 0 spiro atoms. The maximum atomic E-state index is 12.3. The molecule has 5 nitrogen and oxygen atoms in total. The van der Waals surface area contributed by atoms with Crippen LogP contribution in [-0.4, -0.2) is 19.8 Å². The summed E-state index contributed by atoms with van der Waals surface area (Å²) in [7, 11) is 0. The van der Waals surface area contributed by atoms with Gasteiger partial charge in [-0.15, -0.1) is 13.2 Å². The van der Waals surface area contributed by atoms with Gasteiger partial charge in [0.2, 0.25) is 6.86 Å². The van der Waals surface area contributed by atoms with E-state index in [0.29, 0.717) is 5.75 Å². The lowest BCUT2D eigenvalue weighted by atomic mass is 9.86. The number of nitriles is 2. The van der Waals surface area contributed by atoms with E-state index in [2.05, 4.69) is 221 Å². The minimum atomic E-state index is -4.63. The van der Waals surface area contributed by atoms with Gasteiger partial charge >= 0.3 is 13.0 Å². The Bertz CT molecular complexity index is 4180. The van der Waals surface area contributed by atoms with E-state index in [1.165, 1.54) is 63.2 Å². The Kier molecular flexibility index (Phi) is 41.9. The molecule has 9 rings (SSSR count). The summed E-state index contributed by atoms with van der Waals surface area (Å²) in [5.74, 6) is 0.636. The molecule has 0 fully saturated rings. The fraction of sp³-hybridized carbons (Fsp3) is 0.446. The van der Waals surface area contributed by atoms with E-state index in [-0.39, 0.29) is 72.5 Å². The molecule has 0 aliphatic rings. The summed E-state index contributed by atoms with van der Waals surface area (Å²) in [6.07, 6.45) is -4.74. The molecule has 0 unspecified atom stereocenters. The van der Waals surface area contributed by atoms with Gasteiger partial charge in [-0.1, -0.05) is 352 Å². The average Bonchev–Trinajstić information content (AvgIpc) is 0.842.